The van der Waals surface area contributed by atoms with Crippen LogP contribution in [0.25, 0.3) is 74.4 Å². The molecule has 10 aromatic rings. The van der Waals surface area contributed by atoms with E-state index in [2.05, 4.69) is 173 Å². The molecule has 0 bridgehead atoms. The molecule has 0 amide bonds. The van der Waals surface area contributed by atoms with Gasteiger partial charge in [0.25, 0.3) is 0 Å². The van der Waals surface area contributed by atoms with Crippen LogP contribution >= 0.6 is 68.4 Å². The summed E-state index contributed by atoms with van der Waals surface area (Å²) in [5.74, 6) is 0. The molecule has 0 saturated heterocycles. The normalized spacial score (nSPS) is 12.6. The summed E-state index contributed by atoms with van der Waals surface area (Å²) < 4.78 is 12.9. The molecule has 0 spiro atoms. The van der Waals surface area contributed by atoms with Gasteiger partial charge in [0.15, 0.2) is 0 Å². The van der Waals surface area contributed by atoms with Gasteiger partial charge in [0, 0.05) is 63.7 Å². The van der Waals surface area contributed by atoms with Gasteiger partial charge in [0.2, 0.25) is 7.28 Å². The van der Waals surface area contributed by atoms with Gasteiger partial charge in [-0.05, 0) is 177 Å². The molecule has 6 heterocycles. The van der Waals surface area contributed by atoms with E-state index < -0.39 is 0 Å². The fourth-order valence-electron chi connectivity index (χ4n) is 15.5. The van der Waals surface area contributed by atoms with E-state index >= 15 is 0 Å². The van der Waals surface area contributed by atoms with E-state index in [1.165, 1.54) is 313 Å². The highest BCUT2D eigenvalue weighted by Crippen LogP contribution is 2.56. The highest BCUT2D eigenvalue weighted by molar-refractivity contribution is 7.32. The number of aryl methyl sites for hydroxylation is 3. The van der Waals surface area contributed by atoms with E-state index in [4.69, 9.17) is 8.75 Å². The summed E-state index contributed by atoms with van der Waals surface area (Å²) in [7, 11) is 2.51. The summed E-state index contributed by atoms with van der Waals surface area (Å²) in [6, 6.07) is 47.9. The Morgan fingerprint density at radius 3 is 1.50 bits per heavy atom. The second kappa shape index (κ2) is 39.6. The van der Waals surface area contributed by atoms with Crippen LogP contribution in [0.5, 0.6) is 0 Å². The topological polar surface area (TPSA) is 46.0 Å². The number of aliphatic hydroxyl groups excluding tert-OH is 1. The number of hydrogen-bond donors (Lipinski definition) is 1. The average Bonchev–Trinajstić information content (AvgIpc) is 1.56. The predicted molar refractivity (Wildman–Crippen MR) is 439 cm³/mol. The number of nitrogens with zero attached hydrogens (tertiary/aromatic N) is 2. The minimum absolute atomic E-state index is 0.0179. The van der Waals surface area contributed by atoms with E-state index in [9.17, 15) is 5.11 Å². The van der Waals surface area contributed by atoms with Crippen molar-refractivity contribution in [1.29, 1.82) is 0 Å². The number of thiophene rings is 5. The summed E-state index contributed by atoms with van der Waals surface area (Å²) >= 11 is 11.2. The molecule has 3 nitrogen and oxygen atoms in total. The van der Waals surface area contributed by atoms with Gasteiger partial charge in [-0.1, -0.05) is 280 Å². The van der Waals surface area contributed by atoms with Crippen LogP contribution in [0.15, 0.2) is 127 Å². The zero-order chi connectivity index (χ0) is 67.6. The molecule has 98 heavy (non-hydrogen) atoms. The Bertz CT molecular complexity index is 3940. The first kappa shape index (κ1) is 74.4. The Morgan fingerprint density at radius 2 is 0.878 bits per heavy atom. The third-order valence-corrected chi connectivity index (χ3v) is 27.4. The van der Waals surface area contributed by atoms with Crippen molar-refractivity contribution < 1.29 is 5.11 Å². The SMILES string of the molecule is CCCCCCCCCCc1cc(-c2cc(CCCCCC)c(Cc3cc(CCCCCCO)cs3)s2)sc1[B]c1ccc(-c2ccc(-c3ccc(-c4ccc5c(c4)C(CCCCCCCCCC)(CCCCCCCCCC)c4cc(-c6ccccc6)ccc4-5)s3)c3nsnc23)s1. The molecule has 519 valence electrons. The first-order valence-electron chi connectivity index (χ1n) is 39.0. The molecule has 0 aliphatic heterocycles. The Kier molecular flexibility index (Phi) is 30.1. The van der Waals surface area contributed by atoms with Gasteiger partial charge in [-0.2, -0.15) is 20.1 Å². The molecule has 0 unspecified atom stereocenters. The highest BCUT2D eigenvalue weighted by atomic mass is 32.1. The third-order valence-electron chi connectivity index (χ3n) is 21.1. The van der Waals surface area contributed by atoms with Gasteiger partial charge < -0.3 is 5.11 Å². The second-order valence-corrected chi connectivity index (χ2v) is 34.6. The van der Waals surface area contributed by atoms with E-state index in [-0.39, 0.29) is 5.41 Å². The quantitative estimate of drug-likeness (QED) is 0.0305. The number of fused-ring (bicyclic) bond motifs is 4. The molecule has 1 aliphatic carbocycles. The van der Waals surface area contributed by atoms with Crippen LogP contribution in [-0.2, 0) is 31.1 Å². The van der Waals surface area contributed by atoms with E-state index in [0.29, 0.717) is 6.61 Å². The summed E-state index contributed by atoms with van der Waals surface area (Å²) in [5, 5.41) is 11.7. The van der Waals surface area contributed by atoms with Crippen molar-refractivity contribution in [1.82, 2.24) is 8.75 Å². The highest BCUT2D eigenvalue weighted by Gasteiger charge is 2.43. The first-order valence-corrected chi connectivity index (χ1v) is 43.8. The van der Waals surface area contributed by atoms with Gasteiger partial charge in [-0.3, -0.25) is 0 Å². The van der Waals surface area contributed by atoms with Crippen molar-refractivity contribution in [2.24, 2.45) is 0 Å². The molecule has 1 aliphatic rings. The maximum absolute atomic E-state index is 9.28. The number of rotatable bonds is 47. The smallest absolute Gasteiger partial charge is 0.219 e. The van der Waals surface area contributed by atoms with Crippen LogP contribution in [0, 0.1) is 0 Å². The van der Waals surface area contributed by atoms with Crippen LogP contribution in [0.4, 0.5) is 0 Å². The van der Waals surface area contributed by atoms with Crippen LogP contribution in [0.3, 0.4) is 0 Å². The fraction of sp³-hybridized carbons (Fsp3) is 0.500. The number of unbranched alkanes of at least 4 members (excludes halogenated alkanes) is 27. The zero-order valence-corrected chi connectivity index (χ0v) is 65.0. The summed E-state index contributed by atoms with van der Waals surface area (Å²) in [5.41, 5.74) is 18.9. The predicted octanol–water partition coefficient (Wildman–Crippen LogP) is 27.8. The molecule has 1 radical (unpaired) electrons. The number of hydrogen-bond acceptors (Lipinski definition) is 9. The maximum atomic E-state index is 9.28. The molecular weight excluding hydrogens is 1300 g/mol. The molecule has 1 N–H and O–H groups in total. The monoisotopic (exact) mass is 1420 g/mol. The number of aliphatic hydroxyl groups is 1. The average molecular weight is 1420 g/mol. The first-order chi connectivity index (χ1) is 48.4. The Labute approximate surface area is 616 Å². The van der Waals surface area contributed by atoms with Gasteiger partial charge in [0.1, 0.15) is 11.0 Å². The second-order valence-electron chi connectivity index (χ2n) is 28.6. The maximum Gasteiger partial charge on any atom is 0.219 e. The van der Waals surface area contributed by atoms with Gasteiger partial charge in [0.05, 0.1) is 11.7 Å². The van der Waals surface area contributed by atoms with Crippen molar-refractivity contribution in [3.8, 4) is 63.3 Å². The lowest BCUT2D eigenvalue weighted by molar-refractivity contribution is 0.282. The van der Waals surface area contributed by atoms with E-state index in [1.54, 1.807) is 21.6 Å². The lowest BCUT2D eigenvalue weighted by Crippen LogP contribution is -2.25. The van der Waals surface area contributed by atoms with E-state index in [0.717, 1.165) is 43.1 Å². The van der Waals surface area contributed by atoms with E-state index in [1.807, 2.05) is 45.3 Å². The van der Waals surface area contributed by atoms with Crippen molar-refractivity contribution in [3.63, 3.8) is 0 Å². The van der Waals surface area contributed by atoms with Crippen LogP contribution in [0.1, 0.15) is 284 Å². The standard InChI is InChI=1S/C88H112BN2OS6/c1-5-9-13-17-20-23-26-34-44-70-62-83(82-61-68(43-33-16-12-8-4)81(95-82)63-71-58-65(64-93-71)40-32-27-30-39-57-92)97-87(70)89-84-54-53-80(96-84)75-50-49-74(85-86(75)91-98-90-85)79-52-51-78(94-79)69-46-48-73-72-47-45-67(66-41-35-31-36-42-66)59-76(72)88(77(73)60-69,55-37-28-24-21-18-14-10-6-2)56-38-29-25-22-19-15-11-7-3/h31,35-36,41-42,45-54,58-62,64,92H,5-30,32-34,37-40,43-44,55-57,63H2,1-4H3. The van der Waals surface area contributed by atoms with Gasteiger partial charge in [-0.25, -0.2) is 0 Å². The molecule has 0 fully saturated rings. The minimum atomic E-state index is -0.0179. The molecule has 4 aromatic carbocycles. The molecule has 0 atom stereocenters. The lowest BCUT2D eigenvalue weighted by atomic mass is 9.70. The molecule has 6 aromatic heterocycles. The fourth-order valence-corrected chi connectivity index (χ4v) is 21.6. The number of benzene rings is 4. The third kappa shape index (κ3) is 20.1. The van der Waals surface area contributed by atoms with Crippen LogP contribution in [0.2, 0.25) is 0 Å². The Balaban J connectivity index is 0.840. The van der Waals surface area contributed by atoms with Crippen LogP contribution in [-0.4, -0.2) is 27.7 Å². The van der Waals surface area contributed by atoms with Crippen molar-refractivity contribution in [3.05, 3.63) is 164 Å². The largest absolute Gasteiger partial charge is 0.396 e. The molecule has 11 rings (SSSR count). The van der Waals surface area contributed by atoms with Crippen molar-refractivity contribution in [2.75, 3.05) is 6.61 Å². The van der Waals surface area contributed by atoms with Crippen LogP contribution < -0.4 is 9.55 Å². The van der Waals surface area contributed by atoms with Crippen molar-refractivity contribution in [2.45, 2.75) is 277 Å². The minimum Gasteiger partial charge on any atom is -0.396 e. The summed E-state index contributed by atoms with van der Waals surface area (Å²) in [6.45, 7) is 9.60. The Hall–Kier alpha value is -4.78. The van der Waals surface area contributed by atoms with Crippen molar-refractivity contribution >= 4 is 96.3 Å². The number of aromatic nitrogens is 2. The molecule has 10 heteroatoms. The Morgan fingerprint density at radius 1 is 0.388 bits per heavy atom. The zero-order valence-electron chi connectivity index (χ0n) is 60.1. The summed E-state index contributed by atoms with van der Waals surface area (Å²) in [6.07, 6.45) is 48.6. The molecular formula is C88H112BN2OS6. The molecule has 0 saturated carbocycles. The lowest BCUT2D eigenvalue weighted by Gasteiger charge is -2.33. The van der Waals surface area contributed by atoms with Gasteiger partial charge >= 0.3 is 0 Å². The van der Waals surface area contributed by atoms with Gasteiger partial charge in [-0.15, -0.1) is 45.3 Å². The summed E-state index contributed by atoms with van der Waals surface area (Å²) in [4.78, 5) is 9.76.